The zero-order chi connectivity index (χ0) is 17.1. The van der Waals surface area contributed by atoms with Gasteiger partial charge >= 0.3 is 0 Å². The molecule has 2 aliphatic heterocycles. The maximum atomic E-state index is 12.2. The van der Waals surface area contributed by atoms with Crippen LogP contribution < -0.4 is 0 Å². The lowest BCUT2D eigenvalue weighted by atomic mass is 9.93. The molecule has 25 heavy (non-hydrogen) atoms. The fourth-order valence-corrected chi connectivity index (χ4v) is 5.44. The highest BCUT2D eigenvalue weighted by molar-refractivity contribution is 8.01. The maximum Gasteiger partial charge on any atom is 0.246 e. The van der Waals surface area contributed by atoms with E-state index in [4.69, 9.17) is 4.74 Å². The first-order valence-electron chi connectivity index (χ1n) is 8.38. The number of amides is 1. The van der Waals surface area contributed by atoms with Crippen molar-refractivity contribution in [3.8, 4) is 0 Å². The summed E-state index contributed by atoms with van der Waals surface area (Å²) in [6.45, 7) is 2.22. The number of hydrogen-bond acceptors (Lipinski definition) is 5. The third-order valence-electron chi connectivity index (χ3n) is 4.57. The van der Waals surface area contributed by atoms with Gasteiger partial charge in [0.15, 0.2) is 0 Å². The summed E-state index contributed by atoms with van der Waals surface area (Å²) in [7, 11) is 0. The number of pyridine rings is 1. The van der Waals surface area contributed by atoms with Crippen molar-refractivity contribution in [3.05, 3.63) is 58.6 Å². The molecule has 4 heterocycles. The van der Waals surface area contributed by atoms with Crippen LogP contribution in [0.15, 0.2) is 48.0 Å². The largest absolute Gasteiger partial charge is 0.371 e. The van der Waals surface area contributed by atoms with Crippen molar-refractivity contribution < 1.29 is 9.53 Å². The van der Waals surface area contributed by atoms with Crippen molar-refractivity contribution in [2.45, 2.75) is 23.9 Å². The van der Waals surface area contributed by atoms with Crippen LogP contribution in [0.4, 0.5) is 0 Å². The van der Waals surface area contributed by atoms with Crippen LogP contribution in [0.25, 0.3) is 6.08 Å². The van der Waals surface area contributed by atoms with Crippen LogP contribution >= 0.6 is 23.1 Å². The molecule has 2 saturated heterocycles. The predicted octanol–water partition coefficient (Wildman–Crippen LogP) is 3.46. The van der Waals surface area contributed by atoms with Crippen molar-refractivity contribution in [1.82, 2.24) is 9.88 Å². The van der Waals surface area contributed by atoms with Gasteiger partial charge in [-0.3, -0.25) is 9.78 Å². The van der Waals surface area contributed by atoms with Gasteiger partial charge in [0.1, 0.15) is 0 Å². The van der Waals surface area contributed by atoms with E-state index in [-0.39, 0.29) is 16.8 Å². The van der Waals surface area contributed by atoms with Crippen LogP contribution in [0, 0.1) is 0 Å². The second-order valence-corrected chi connectivity index (χ2v) is 8.96. The number of carbonyl (C=O) groups excluding carboxylic acids is 1. The Morgan fingerprint density at radius 2 is 2.28 bits per heavy atom. The van der Waals surface area contributed by atoms with E-state index < -0.39 is 0 Å². The molecule has 6 heteroatoms. The summed E-state index contributed by atoms with van der Waals surface area (Å²) >= 11 is 3.59. The summed E-state index contributed by atoms with van der Waals surface area (Å²) in [6.07, 6.45) is 6.66. The van der Waals surface area contributed by atoms with Gasteiger partial charge in [0.2, 0.25) is 5.91 Å². The molecule has 0 N–H and O–H groups in total. The van der Waals surface area contributed by atoms with Crippen molar-refractivity contribution in [2.24, 2.45) is 0 Å². The first kappa shape index (κ1) is 16.8. The molecule has 1 amide bonds. The number of thioether (sulfide) groups is 1. The highest BCUT2D eigenvalue weighted by Gasteiger charge is 2.50. The molecule has 2 aromatic heterocycles. The molecule has 4 nitrogen and oxygen atoms in total. The molecule has 0 bridgehead atoms. The normalized spacial score (nSPS) is 21.8. The van der Waals surface area contributed by atoms with Gasteiger partial charge in [0.05, 0.1) is 23.2 Å². The average Bonchev–Trinajstić information content (AvgIpc) is 3.27. The summed E-state index contributed by atoms with van der Waals surface area (Å²) in [6, 6.07) is 9.89. The number of likely N-dealkylation sites (tertiary alicyclic amines) is 1. The Bertz CT molecular complexity index is 740. The lowest BCUT2D eigenvalue weighted by Gasteiger charge is -2.47. The van der Waals surface area contributed by atoms with E-state index in [2.05, 4.69) is 4.98 Å². The molecule has 0 radical (unpaired) electrons. The van der Waals surface area contributed by atoms with Gasteiger partial charge in [0.25, 0.3) is 0 Å². The van der Waals surface area contributed by atoms with Gasteiger partial charge in [0, 0.05) is 36.0 Å². The Labute approximate surface area is 155 Å². The Balaban J connectivity index is 1.23. The molecule has 130 valence electrons. The van der Waals surface area contributed by atoms with E-state index >= 15 is 0 Å². The second kappa shape index (κ2) is 7.32. The maximum absolute atomic E-state index is 12.2. The molecule has 4 rings (SSSR count). The molecular formula is C19H20N2O2S2. The summed E-state index contributed by atoms with van der Waals surface area (Å²) in [5.41, 5.74) is 0.970. The Morgan fingerprint density at radius 1 is 1.36 bits per heavy atom. The Morgan fingerprint density at radius 3 is 3.04 bits per heavy atom. The molecule has 2 aliphatic rings. The van der Waals surface area contributed by atoms with Gasteiger partial charge in [-0.15, -0.1) is 23.1 Å². The van der Waals surface area contributed by atoms with Crippen molar-refractivity contribution in [3.63, 3.8) is 0 Å². The fourth-order valence-electron chi connectivity index (χ4n) is 3.27. The van der Waals surface area contributed by atoms with Gasteiger partial charge in [-0.2, -0.15) is 0 Å². The van der Waals surface area contributed by atoms with E-state index in [1.54, 1.807) is 23.6 Å². The van der Waals surface area contributed by atoms with E-state index in [0.29, 0.717) is 6.61 Å². The zero-order valence-electron chi connectivity index (χ0n) is 13.8. The predicted molar refractivity (Wildman–Crippen MR) is 103 cm³/mol. The van der Waals surface area contributed by atoms with E-state index in [0.717, 1.165) is 35.8 Å². The minimum atomic E-state index is 0.109. The number of carbonyl (C=O) groups is 1. The lowest BCUT2D eigenvalue weighted by Crippen LogP contribution is -2.60. The number of ether oxygens (including phenoxy) is 1. The lowest BCUT2D eigenvalue weighted by molar-refractivity contribution is -0.131. The van der Waals surface area contributed by atoms with Crippen LogP contribution in [0.5, 0.6) is 0 Å². The van der Waals surface area contributed by atoms with Crippen LogP contribution in [0.1, 0.15) is 17.0 Å². The SMILES string of the molecule is O=C(/C=C/c1cccs1)N1CC2(CC(OCc3ccccn3)CS2)C1. The van der Waals surface area contributed by atoms with E-state index in [1.807, 2.05) is 58.4 Å². The molecule has 0 aliphatic carbocycles. The highest BCUT2D eigenvalue weighted by atomic mass is 32.2. The molecule has 2 fully saturated rings. The van der Waals surface area contributed by atoms with Crippen molar-refractivity contribution in [2.75, 3.05) is 18.8 Å². The monoisotopic (exact) mass is 372 g/mol. The number of rotatable bonds is 5. The van der Waals surface area contributed by atoms with Crippen LogP contribution in [0.3, 0.4) is 0 Å². The average molecular weight is 373 g/mol. The number of nitrogens with zero attached hydrogens (tertiary/aromatic N) is 2. The van der Waals surface area contributed by atoms with Gasteiger partial charge < -0.3 is 9.64 Å². The number of aromatic nitrogens is 1. The number of thiophene rings is 1. The second-order valence-electron chi connectivity index (χ2n) is 6.50. The summed E-state index contributed by atoms with van der Waals surface area (Å²) in [4.78, 5) is 19.6. The number of hydrogen-bond donors (Lipinski definition) is 0. The standard InChI is InChI=1S/C19H20N2O2S2/c22-18(7-6-17-5-3-9-24-17)21-13-19(14-21)10-16(12-25-19)23-11-15-4-1-2-8-20-15/h1-9,16H,10-14H2/b7-6+. The smallest absolute Gasteiger partial charge is 0.246 e. The molecular weight excluding hydrogens is 352 g/mol. The summed E-state index contributed by atoms with van der Waals surface area (Å²) in [5.74, 6) is 1.11. The van der Waals surface area contributed by atoms with E-state index in [9.17, 15) is 4.79 Å². The van der Waals surface area contributed by atoms with Gasteiger partial charge in [-0.05, 0) is 36.1 Å². The molecule has 1 spiro atoms. The summed E-state index contributed by atoms with van der Waals surface area (Å²) in [5, 5.41) is 2.02. The zero-order valence-corrected chi connectivity index (χ0v) is 15.5. The molecule has 2 aromatic rings. The Kier molecular flexibility index (Phi) is 4.92. The molecule has 0 saturated carbocycles. The Hall–Kier alpha value is -1.63. The minimum Gasteiger partial charge on any atom is -0.371 e. The quantitative estimate of drug-likeness (QED) is 0.754. The first-order chi connectivity index (χ1) is 12.2. The topological polar surface area (TPSA) is 42.4 Å². The van der Waals surface area contributed by atoms with Crippen molar-refractivity contribution in [1.29, 1.82) is 0 Å². The molecule has 0 aromatic carbocycles. The van der Waals surface area contributed by atoms with Crippen LogP contribution in [-0.4, -0.2) is 45.5 Å². The third kappa shape index (κ3) is 3.97. The minimum absolute atomic E-state index is 0.109. The molecule has 1 atom stereocenters. The summed E-state index contributed by atoms with van der Waals surface area (Å²) < 4.78 is 6.21. The third-order valence-corrected chi connectivity index (χ3v) is 6.98. The van der Waals surface area contributed by atoms with Crippen molar-refractivity contribution >= 4 is 35.1 Å². The first-order valence-corrected chi connectivity index (χ1v) is 10.2. The van der Waals surface area contributed by atoms with Crippen LogP contribution in [-0.2, 0) is 16.1 Å². The highest BCUT2D eigenvalue weighted by Crippen LogP contribution is 2.46. The van der Waals surface area contributed by atoms with Gasteiger partial charge in [-0.25, -0.2) is 0 Å². The van der Waals surface area contributed by atoms with Gasteiger partial charge in [-0.1, -0.05) is 12.1 Å². The van der Waals surface area contributed by atoms with E-state index in [1.165, 1.54) is 0 Å². The molecule has 1 unspecified atom stereocenters. The fraction of sp³-hybridized carbons (Fsp3) is 0.368. The van der Waals surface area contributed by atoms with Crippen LogP contribution in [0.2, 0.25) is 0 Å².